The molecule has 3 aromatic rings. The van der Waals surface area contributed by atoms with E-state index in [1.54, 1.807) is 16.7 Å². The highest BCUT2D eigenvalue weighted by Gasteiger charge is 2.07. The van der Waals surface area contributed by atoms with Crippen LogP contribution in [0, 0.1) is 0 Å². The third-order valence-electron chi connectivity index (χ3n) is 2.66. The van der Waals surface area contributed by atoms with Crippen molar-refractivity contribution in [3.63, 3.8) is 0 Å². The van der Waals surface area contributed by atoms with Crippen LogP contribution in [-0.2, 0) is 0 Å². The molecule has 4 heteroatoms. The van der Waals surface area contributed by atoms with Gasteiger partial charge in [-0.2, -0.15) is 0 Å². The van der Waals surface area contributed by atoms with E-state index < -0.39 is 0 Å². The Labute approximate surface area is 102 Å². The Morgan fingerprint density at radius 2 is 1.88 bits per heavy atom. The number of hydrogen-bond donors (Lipinski definition) is 1. The number of rotatable bonds is 1. The van der Waals surface area contributed by atoms with Crippen molar-refractivity contribution < 1.29 is 0 Å². The number of benzene rings is 2. The largest absolute Gasteiger partial charge is 0.331 e. The fraction of sp³-hybridized carbons (Fsp3) is 0. The van der Waals surface area contributed by atoms with Crippen LogP contribution in [-0.4, -0.2) is 9.55 Å². The Hall–Kier alpha value is -2.00. The second kappa shape index (κ2) is 3.79. The summed E-state index contributed by atoms with van der Waals surface area (Å²) >= 11 is 5.94. The van der Waals surface area contributed by atoms with Gasteiger partial charge < -0.3 is 4.98 Å². The summed E-state index contributed by atoms with van der Waals surface area (Å²) in [5, 5.41) is 0.611. The van der Waals surface area contributed by atoms with Crippen molar-refractivity contribution in [3.05, 3.63) is 64.0 Å². The topological polar surface area (TPSA) is 37.8 Å². The third-order valence-corrected chi connectivity index (χ3v) is 2.89. The van der Waals surface area contributed by atoms with Crippen LogP contribution in [0.2, 0.25) is 5.02 Å². The zero-order chi connectivity index (χ0) is 11.8. The second-order valence-corrected chi connectivity index (χ2v) is 4.20. The number of nitrogens with zero attached hydrogens (tertiary/aromatic N) is 1. The van der Waals surface area contributed by atoms with E-state index in [1.165, 1.54) is 0 Å². The minimum atomic E-state index is -0.159. The lowest BCUT2D eigenvalue weighted by Crippen LogP contribution is -2.14. The number of nitrogens with one attached hydrogen (secondary N) is 1. The average molecular weight is 245 g/mol. The van der Waals surface area contributed by atoms with Gasteiger partial charge in [-0.1, -0.05) is 29.8 Å². The molecule has 17 heavy (non-hydrogen) atoms. The summed E-state index contributed by atoms with van der Waals surface area (Å²) < 4.78 is 1.61. The lowest BCUT2D eigenvalue weighted by molar-refractivity contribution is 1.02. The predicted octanol–water partition coefficient (Wildman–Crippen LogP) is 2.97. The normalized spacial score (nSPS) is 10.9. The van der Waals surface area contributed by atoms with Crippen LogP contribution >= 0.6 is 11.6 Å². The summed E-state index contributed by atoms with van der Waals surface area (Å²) in [4.78, 5) is 14.7. The van der Waals surface area contributed by atoms with Gasteiger partial charge in [-0.25, -0.2) is 4.79 Å². The van der Waals surface area contributed by atoms with E-state index in [-0.39, 0.29) is 5.69 Å². The Kier molecular flexibility index (Phi) is 2.27. The quantitative estimate of drug-likeness (QED) is 0.702. The molecule has 0 atom stereocenters. The van der Waals surface area contributed by atoms with Gasteiger partial charge in [0, 0.05) is 5.02 Å². The SMILES string of the molecule is O=c1[nH]c2ccccc2n1-c1cccc(Cl)c1. The maximum absolute atomic E-state index is 11.9. The van der Waals surface area contributed by atoms with Crippen molar-refractivity contribution in [3.8, 4) is 5.69 Å². The van der Waals surface area contributed by atoms with E-state index in [4.69, 9.17) is 11.6 Å². The first-order valence-electron chi connectivity index (χ1n) is 5.21. The van der Waals surface area contributed by atoms with Crippen LogP contribution in [0.5, 0.6) is 0 Å². The summed E-state index contributed by atoms with van der Waals surface area (Å²) in [6, 6.07) is 14.8. The Balaban J connectivity index is 2.37. The number of para-hydroxylation sites is 2. The van der Waals surface area contributed by atoms with Crippen molar-refractivity contribution in [2.75, 3.05) is 0 Å². The van der Waals surface area contributed by atoms with E-state index in [9.17, 15) is 4.79 Å². The van der Waals surface area contributed by atoms with Gasteiger partial charge in [0.15, 0.2) is 0 Å². The molecule has 1 N–H and O–H groups in total. The first-order chi connectivity index (χ1) is 8.25. The highest BCUT2D eigenvalue weighted by molar-refractivity contribution is 6.30. The molecule has 0 aliphatic carbocycles. The summed E-state index contributed by atoms with van der Waals surface area (Å²) in [5.74, 6) is 0. The molecule has 0 fully saturated rings. The van der Waals surface area contributed by atoms with E-state index in [0.29, 0.717) is 5.02 Å². The third kappa shape index (κ3) is 1.65. The molecule has 84 valence electrons. The molecule has 0 amide bonds. The van der Waals surface area contributed by atoms with Gasteiger partial charge in [-0.05, 0) is 30.3 Å². The molecule has 0 saturated heterocycles. The molecule has 0 unspecified atom stereocenters. The number of halogens is 1. The van der Waals surface area contributed by atoms with E-state index >= 15 is 0 Å². The van der Waals surface area contributed by atoms with Crippen molar-refractivity contribution in [2.24, 2.45) is 0 Å². The van der Waals surface area contributed by atoms with Crippen LogP contribution in [0.25, 0.3) is 16.7 Å². The maximum Gasteiger partial charge on any atom is 0.331 e. The molecule has 0 aliphatic heterocycles. The highest BCUT2D eigenvalue weighted by Crippen LogP contribution is 2.18. The molecule has 1 aromatic heterocycles. The molecular weight excluding hydrogens is 236 g/mol. The molecule has 1 heterocycles. The van der Waals surface area contributed by atoms with E-state index in [1.807, 2.05) is 36.4 Å². The van der Waals surface area contributed by atoms with Crippen LogP contribution in [0.1, 0.15) is 0 Å². The lowest BCUT2D eigenvalue weighted by Gasteiger charge is -2.03. The summed E-state index contributed by atoms with van der Waals surface area (Å²) in [7, 11) is 0. The van der Waals surface area contributed by atoms with Crippen molar-refractivity contribution in [2.45, 2.75) is 0 Å². The highest BCUT2D eigenvalue weighted by atomic mass is 35.5. The fourth-order valence-corrected chi connectivity index (χ4v) is 2.11. The first kappa shape index (κ1) is 10.2. The van der Waals surface area contributed by atoms with Gasteiger partial charge in [-0.15, -0.1) is 0 Å². The molecule has 3 rings (SSSR count). The number of aromatic amines is 1. The number of fused-ring (bicyclic) bond motifs is 1. The molecule has 3 nitrogen and oxygen atoms in total. The Morgan fingerprint density at radius 1 is 1.06 bits per heavy atom. The zero-order valence-corrected chi connectivity index (χ0v) is 9.61. The van der Waals surface area contributed by atoms with Gasteiger partial charge in [0.05, 0.1) is 16.7 Å². The summed E-state index contributed by atoms with van der Waals surface area (Å²) in [6.45, 7) is 0. The van der Waals surface area contributed by atoms with Gasteiger partial charge >= 0.3 is 5.69 Å². The smallest absolute Gasteiger partial charge is 0.305 e. The summed E-state index contributed by atoms with van der Waals surface area (Å²) in [5.41, 5.74) is 2.27. The van der Waals surface area contributed by atoms with Gasteiger partial charge in [0.1, 0.15) is 0 Å². The Bertz CT molecular complexity index is 742. The number of aromatic nitrogens is 2. The molecule has 2 aromatic carbocycles. The van der Waals surface area contributed by atoms with Crippen LogP contribution < -0.4 is 5.69 Å². The van der Waals surface area contributed by atoms with Crippen LogP contribution in [0.3, 0.4) is 0 Å². The molecule has 0 spiro atoms. The molecule has 0 radical (unpaired) electrons. The van der Waals surface area contributed by atoms with Crippen molar-refractivity contribution in [1.82, 2.24) is 9.55 Å². The van der Waals surface area contributed by atoms with Crippen molar-refractivity contribution in [1.29, 1.82) is 0 Å². The number of imidazole rings is 1. The molecule has 0 bridgehead atoms. The van der Waals surface area contributed by atoms with Crippen LogP contribution in [0.4, 0.5) is 0 Å². The minimum Gasteiger partial charge on any atom is -0.305 e. The molecular formula is C13H9ClN2O. The molecule has 0 saturated carbocycles. The lowest BCUT2D eigenvalue weighted by atomic mass is 10.3. The van der Waals surface area contributed by atoms with Gasteiger partial charge in [-0.3, -0.25) is 4.57 Å². The molecule has 0 aliphatic rings. The minimum absolute atomic E-state index is 0.159. The monoisotopic (exact) mass is 244 g/mol. The zero-order valence-electron chi connectivity index (χ0n) is 8.85. The first-order valence-corrected chi connectivity index (χ1v) is 5.59. The number of hydrogen-bond acceptors (Lipinski definition) is 1. The average Bonchev–Trinajstić information content (AvgIpc) is 2.64. The van der Waals surface area contributed by atoms with E-state index in [0.717, 1.165) is 16.7 Å². The standard InChI is InChI=1S/C13H9ClN2O/c14-9-4-3-5-10(8-9)16-12-7-2-1-6-11(12)15-13(16)17/h1-8H,(H,15,17). The van der Waals surface area contributed by atoms with Gasteiger partial charge in [0.2, 0.25) is 0 Å². The van der Waals surface area contributed by atoms with Crippen molar-refractivity contribution >= 4 is 22.6 Å². The fourth-order valence-electron chi connectivity index (χ4n) is 1.93. The second-order valence-electron chi connectivity index (χ2n) is 3.76. The Morgan fingerprint density at radius 3 is 2.71 bits per heavy atom. The maximum atomic E-state index is 11.9. The van der Waals surface area contributed by atoms with E-state index in [2.05, 4.69) is 4.98 Å². The summed E-state index contributed by atoms with van der Waals surface area (Å²) in [6.07, 6.45) is 0. The van der Waals surface area contributed by atoms with Crippen LogP contribution in [0.15, 0.2) is 53.3 Å². The predicted molar refractivity (Wildman–Crippen MR) is 68.9 cm³/mol. The number of H-pyrrole nitrogens is 1. The van der Waals surface area contributed by atoms with Gasteiger partial charge in [0.25, 0.3) is 0 Å².